The van der Waals surface area contributed by atoms with Crippen LogP contribution >= 0.6 is 11.6 Å². The van der Waals surface area contributed by atoms with E-state index >= 15 is 0 Å². The van der Waals surface area contributed by atoms with Crippen molar-refractivity contribution in [3.8, 4) is 0 Å². The van der Waals surface area contributed by atoms with E-state index in [0.29, 0.717) is 0 Å². The molecule has 0 saturated carbocycles. The highest BCUT2D eigenvalue weighted by Gasteiger charge is 2.32. The van der Waals surface area contributed by atoms with Gasteiger partial charge in [0.2, 0.25) is 6.10 Å². The van der Waals surface area contributed by atoms with Gasteiger partial charge in [0.25, 0.3) is 0 Å². The Labute approximate surface area is 169 Å². The quantitative estimate of drug-likeness (QED) is 0.743. The van der Waals surface area contributed by atoms with Crippen molar-refractivity contribution in [2.45, 2.75) is 31.7 Å². The first-order valence-electron chi connectivity index (χ1n) is 8.29. The predicted octanol–water partition coefficient (Wildman–Crippen LogP) is 3.97. The summed E-state index contributed by atoms with van der Waals surface area (Å²) in [7, 11) is 1.32. The lowest BCUT2D eigenvalue weighted by Crippen LogP contribution is -2.37. The molecule has 0 radical (unpaired) electrons. The molecule has 0 bridgehead atoms. The van der Waals surface area contributed by atoms with Crippen molar-refractivity contribution < 1.29 is 32.6 Å². The van der Waals surface area contributed by atoms with E-state index < -0.39 is 35.9 Å². The van der Waals surface area contributed by atoms with Gasteiger partial charge in [-0.05, 0) is 30.7 Å². The van der Waals surface area contributed by atoms with Crippen LogP contribution in [0.2, 0.25) is 5.02 Å². The molecule has 0 spiro atoms. The molecule has 0 aliphatic heterocycles. The average Bonchev–Trinajstić information content (AvgIpc) is 2.66. The standard InChI is InChI=1S/C18H17ClF3N3O4/c1-10(12-5-4-11(8-13(12)19)18(20,21)22)25(2)17(28)29-14(16(26)27)9-15-23-6-3-7-24-15/h3-8,10,14H,9H2,1-2H3,(H,26,27)/t10-,14+/m0/s1. The van der Waals surface area contributed by atoms with E-state index in [4.69, 9.17) is 16.3 Å². The van der Waals surface area contributed by atoms with Gasteiger partial charge < -0.3 is 14.7 Å². The molecule has 0 aliphatic rings. The SMILES string of the molecule is C[C@@H](c1ccc(C(F)(F)F)cc1Cl)N(C)C(=O)O[C@H](Cc1ncccn1)C(=O)O. The number of carbonyl (C=O) groups is 2. The summed E-state index contributed by atoms with van der Waals surface area (Å²) in [6.45, 7) is 1.52. The highest BCUT2D eigenvalue weighted by atomic mass is 35.5. The number of ether oxygens (including phenoxy) is 1. The highest BCUT2D eigenvalue weighted by molar-refractivity contribution is 6.31. The number of nitrogens with zero attached hydrogens (tertiary/aromatic N) is 3. The number of hydrogen-bond acceptors (Lipinski definition) is 5. The number of carboxylic acids is 1. The minimum absolute atomic E-state index is 0.175. The summed E-state index contributed by atoms with van der Waals surface area (Å²) in [5, 5.41) is 9.11. The molecule has 2 aromatic rings. The molecule has 0 unspecified atom stereocenters. The van der Waals surface area contributed by atoms with Gasteiger partial charge in [-0.3, -0.25) is 0 Å². The van der Waals surface area contributed by atoms with Crippen molar-refractivity contribution in [2.24, 2.45) is 0 Å². The summed E-state index contributed by atoms with van der Waals surface area (Å²) in [5.41, 5.74) is -0.671. The Morgan fingerprint density at radius 2 is 1.90 bits per heavy atom. The van der Waals surface area contributed by atoms with Crippen LogP contribution in [0.4, 0.5) is 18.0 Å². The van der Waals surface area contributed by atoms with E-state index in [1.807, 2.05) is 0 Å². The molecule has 1 heterocycles. The first kappa shape index (κ1) is 22.4. The molecule has 11 heteroatoms. The number of carbonyl (C=O) groups excluding carboxylic acids is 1. The number of benzene rings is 1. The number of alkyl halides is 3. The van der Waals surface area contributed by atoms with Crippen LogP contribution in [0.15, 0.2) is 36.7 Å². The fourth-order valence-electron chi connectivity index (χ4n) is 2.39. The third-order valence-electron chi connectivity index (χ3n) is 4.15. The molecular formula is C18H17ClF3N3O4. The zero-order valence-corrected chi connectivity index (χ0v) is 16.1. The molecule has 1 aromatic heterocycles. The van der Waals surface area contributed by atoms with Crippen LogP contribution in [0.5, 0.6) is 0 Å². The van der Waals surface area contributed by atoms with Gasteiger partial charge in [-0.1, -0.05) is 17.7 Å². The lowest BCUT2D eigenvalue weighted by atomic mass is 10.0. The van der Waals surface area contributed by atoms with E-state index in [0.717, 1.165) is 23.1 Å². The van der Waals surface area contributed by atoms with E-state index in [1.165, 1.54) is 26.4 Å². The number of amides is 1. The summed E-state index contributed by atoms with van der Waals surface area (Å²) >= 11 is 5.95. The molecule has 1 N–H and O–H groups in total. The van der Waals surface area contributed by atoms with Gasteiger partial charge in [-0.15, -0.1) is 0 Å². The third kappa shape index (κ3) is 5.80. The number of rotatable bonds is 6. The lowest BCUT2D eigenvalue weighted by Gasteiger charge is -2.27. The summed E-state index contributed by atoms with van der Waals surface area (Å²) in [6, 6.07) is 3.55. The van der Waals surface area contributed by atoms with Crippen LogP contribution in [0.25, 0.3) is 0 Å². The normalized spacial score (nSPS) is 13.4. The van der Waals surface area contributed by atoms with E-state index in [1.54, 1.807) is 6.07 Å². The zero-order chi connectivity index (χ0) is 21.8. The van der Waals surface area contributed by atoms with Crippen molar-refractivity contribution in [1.82, 2.24) is 14.9 Å². The molecule has 0 aliphatic carbocycles. The number of hydrogen-bond donors (Lipinski definition) is 1. The van der Waals surface area contributed by atoms with E-state index in [2.05, 4.69) is 9.97 Å². The second-order valence-corrected chi connectivity index (χ2v) is 6.51. The topological polar surface area (TPSA) is 92.6 Å². The Morgan fingerprint density at radius 3 is 2.41 bits per heavy atom. The summed E-state index contributed by atoms with van der Waals surface area (Å²) in [5.74, 6) is -1.21. The molecule has 2 atom stereocenters. The maximum atomic E-state index is 12.8. The molecular weight excluding hydrogens is 415 g/mol. The largest absolute Gasteiger partial charge is 0.478 e. The molecule has 156 valence electrons. The zero-order valence-electron chi connectivity index (χ0n) is 15.4. The molecule has 0 saturated heterocycles. The van der Waals surface area contributed by atoms with Crippen molar-refractivity contribution in [1.29, 1.82) is 0 Å². The van der Waals surface area contributed by atoms with Crippen LogP contribution in [-0.4, -0.2) is 45.2 Å². The number of aromatic nitrogens is 2. The van der Waals surface area contributed by atoms with E-state index in [-0.39, 0.29) is 22.8 Å². The van der Waals surface area contributed by atoms with Crippen molar-refractivity contribution >= 4 is 23.7 Å². The van der Waals surface area contributed by atoms with Gasteiger partial charge in [-0.2, -0.15) is 13.2 Å². The summed E-state index contributed by atoms with van der Waals surface area (Å²) in [4.78, 5) is 32.6. The Bertz CT molecular complexity index is 880. The highest BCUT2D eigenvalue weighted by Crippen LogP contribution is 2.35. The Kier molecular flexibility index (Phi) is 7.02. The van der Waals surface area contributed by atoms with Gasteiger partial charge in [0, 0.05) is 24.5 Å². The van der Waals surface area contributed by atoms with Gasteiger partial charge in [-0.25, -0.2) is 19.6 Å². The van der Waals surface area contributed by atoms with Gasteiger partial charge in [0.15, 0.2) is 0 Å². The number of aliphatic carboxylic acids is 1. The minimum Gasteiger partial charge on any atom is -0.478 e. The minimum atomic E-state index is -4.55. The Balaban J connectivity index is 2.12. The van der Waals surface area contributed by atoms with Crippen LogP contribution < -0.4 is 0 Å². The second kappa shape index (κ2) is 9.08. The van der Waals surface area contributed by atoms with Crippen molar-refractivity contribution in [3.63, 3.8) is 0 Å². The van der Waals surface area contributed by atoms with Crippen LogP contribution in [-0.2, 0) is 22.1 Å². The average molecular weight is 432 g/mol. The molecule has 1 aromatic carbocycles. The molecule has 1 amide bonds. The lowest BCUT2D eigenvalue weighted by molar-refractivity contribution is -0.147. The fourth-order valence-corrected chi connectivity index (χ4v) is 2.73. The third-order valence-corrected chi connectivity index (χ3v) is 4.48. The van der Waals surface area contributed by atoms with Crippen LogP contribution in [0.3, 0.4) is 0 Å². The smallest absolute Gasteiger partial charge is 0.416 e. The summed E-state index contributed by atoms with van der Waals surface area (Å²) < 4.78 is 43.4. The van der Waals surface area contributed by atoms with E-state index in [9.17, 15) is 27.9 Å². The Hall–Kier alpha value is -2.88. The monoisotopic (exact) mass is 431 g/mol. The van der Waals surface area contributed by atoms with Gasteiger partial charge in [0.05, 0.1) is 18.0 Å². The molecule has 2 rings (SSSR count). The van der Waals surface area contributed by atoms with Gasteiger partial charge in [0.1, 0.15) is 5.82 Å². The molecule has 29 heavy (non-hydrogen) atoms. The van der Waals surface area contributed by atoms with Crippen LogP contribution in [0, 0.1) is 0 Å². The number of carboxylic acid groups (broad SMARTS) is 1. The van der Waals surface area contributed by atoms with Gasteiger partial charge >= 0.3 is 18.2 Å². The van der Waals surface area contributed by atoms with Crippen LogP contribution in [0.1, 0.15) is 29.9 Å². The first-order chi connectivity index (χ1) is 13.5. The second-order valence-electron chi connectivity index (χ2n) is 6.10. The predicted molar refractivity (Wildman–Crippen MR) is 96.3 cm³/mol. The fraction of sp³-hybridized carbons (Fsp3) is 0.333. The maximum absolute atomic E-state index is 12.8. The molecule has 7 nitrogen and oxygen atoms in total. The number of halogens is 4. The molecule has 0 fully saturated rings. The van der Waals surface area contributed by atoms with Crippen molar-refractivity contribution in [3.05, 3.63) is 58.6 Å². The van der Waals surface area contributed by atoms with Crippen molar-refractivity contribution in [2.75, 3.05) is 7.05 Å². The summed E-state index contributed by atoms with van der Waals surface area (Å²) in [6.07, 6.45) is -4.48. The maximum Gasteiger partial charge on any atom is 0.416 e. The Morgan fingerprint density at radius 1 is 1.28 bits per heavy atom. The first-order valence-corrected chi connectivity index (χ1v) is 8.67.